The molecule has 25 heavy (non-hydrogen) atoms. The zero-order valence-corrected chi connectivity index (χ0v) is 14.2. The van der Waals surface area contributed by atoms with Crippen LogP contribution in [-0.2, 0) is 32.9 Å². The fraction of sp³-hybridized carbons (Fsp3) is 0.444. The highest BCUT2D eigenvalue weighted by Crippen LogP contribution is 2.25. The number of hydrogen-bond acceptors (Lipinski definition) is 4. The van der Waals surface area contributed by atoms with Crippen LogP contribution >= 0.6 is 0 Å². The number of carboxylic acids is 1. The molecule has 130 valence electrons. The van der Waals surface area contributed by atoms with Crippen LogP contribution in [-0.4, -0.2) is 43.2 Å². The molecule has 1 amide bonds. The summed E-state index contributed by atoms with van der Waals surface area (Å²) >= 11 is 0. The van der Waals surface area contributed by atoms with Crippen molar-refractivity contribution >= 4 is 11.9 Å². The van der Waals surface area contributed by atoms with Crippen molar-refractivity contribution in [1.82, 2.24) is 19.7 Å². The minimum absolute atomic E-state index is 0.0403. The average molecular weight is 340 g/mol. The molecule has 1 aliphatic carbocycles. The van der Waals surface area contributed by atoms with E-state index in [-0.39, 0.29) is 18.1 Å². The SMILES string of the molecule is Cn1nc(C(=O)O)c2c1CCN(C(=O)c1cnc3c(c1)CCCC3)C2. The van der Waals surface area contributed by atoms with Gasteiger partial charge < -0.3 is 10.0 Å². The Kier molecular flexibility index (Phi) is 3.78. The number of carboxylic acid groups (broad SMARTS) is 1. The minimum atomic E-state index is -1.05. The second-order valence-electron chi connectivity index (χ2n) is 6.72. The molecule has 0 aromatic carbocycles. The van der Waals surface area contributed by atoms with E-state index in [0.29, 0.717) is 24.1 Å². The van der Waals surface area contributed by atoms with E-state index in [1.54, 1.807) is 22.8 Å². The zero-order chi connectivity index (χ0) is 17.6. The van der Waals surface area contributed by atoms with Crippen molar-refractivity contribution in [3.63, 3.8) is 0 Å². The normalized spacial score (nSPS) is 16.3. The van der Waals surface area contributed by atoms with Gasteiger partial charge in [-0.25, -0.2) is 4.79 Å². The van der Waals surface area contributed by atoms with Gasteiger partial charge in [-0.3, -0.25) is 14.5 Å². The quantitative estimate of drug-likeness (QED) is 0.897. The summed E-state index contributed by atoms with van der Waals surface area (Å²) in [5, 5.41) is 13.4. The van der Waals surface area contributed by atoms with E-state index in [9.17, 15) is 14.7 Å². The number of aromatic carboxylic acids is 1. The summed E-state index contributed by atoms with van der Waals surface area (Å²) in [6.45, 7) is 0.836. The van der Waals surface area contributed by atoms with Gasteiger partial charge in [0.15, 0.2) is 5.69 Å². The number of fused-ring (bicyclic) bond motifs is 2. The van der Waals surface area contributed by atoms with Crippen LogP contribution in [0.4, 0.5) is 0 Å². The van der Waals surface area contributed by atoms with E-state index in [0.717, 1.165) is 37.1 Å². The number of aromatic nitrogens is 3. The molecule has 2 aromatic heterocycles. The molecule has 0 bridgehead atoms. The molecular weight excluding hydrogens is 320 g/mol. The summed E-state index contributed by atoms with van der Waals surface area (Å²) in [6.07, 6.45) is 6.51. The Balaban J connectivity index is 1.61. The first-order chi connectivity index (χ1) is 12.0. The van der Waals surface area contributed by atoms with Crippen LogP contribution < -0.4 is 0 Å². The lowest BCUT2D eigenvalue weighted by molar-refractivity contribution is 0.0674. The lowest BCUT2D eigenvalue weighted by atomic mass is 9.95. The van der Waals surface area contributed by atoms with Crippen LogP contribution in [0, 0.1) is 0 Å². The van der Waals surface area contributed by atoms with Crippen LogP contribution in [0.5, 0.6) is 0 Å². The van der Waals surface area contributed by atoms with E-state index in [1.165, 1.54) is 5.56 Å². The van der Waals surface area contributed by atoms with Crippen molar-refractivity contribution in [3.05, 3.63) is 46.0 Å². The minimum Gasteiger partial charge on any atom is -0.476 e. The predicted octanol–water partition coefficient (Wildman–Crippen LogP) is 1.59. The number of amides is 1. The van der Waals surface area contributed by atoms with Crippen LogP contribution in [0.25, 0.3) is 0 Å². The Labute approximate surface area is 145 Å². The van der Waals surface area contributed by atoms with E-state index in [2.05, 4.69) is 10.1 Å². The summed E-state index contributed by atoms with van der Waals surface area (Å²) in [5.74, 6) is -1.15. The molecule has 2 aromatic rings. The third-order valence-corrected chi connectivity index (χ3v) is 5.15. The van der Waals surface area contributed by atoms with Gasteiger partial charge in [-0.2, -0.15) is 5.10 Å². The Bertz CT molecular complexity index is 871. The Hall–Kier alpha value is -2.70. The Morgan fingerprint density at radius 1 is 1.20 bits per heavy atom. The number of carbonyl (C=O) groups excluding carboxylic acids is 1. The van der Waals surface area contributed by atoms with Gasteiger partial charge in [0.05, 0.1) is 12.1 Å². The summed E-state index contributed by atoms with van der Waals surface area (Å²) in [4.78, 5) is 30.5. The lowest BCUT2D eigenvalue weighted by Crippen LogP contribution is -2.36. The smallest absolute Gasteiger partial charge is 0.356 e. The van der Waals surface area contributed by atoms with Crippen molar-refractivity contribution in [2.75, 3.05) is 6.54 Å². The molecule has 7 heteroatoms. The van der Waals surface area contributed by atoms with Crippen LogP contribution in [0.3, 0.4) is 0 Å². The van der Waals surface area contributed by atoms with Gasteiger partial charge in [0.2, 0.25) is 0 Å². The fourth-order valence-corrected chi connectivity index (χ4v) is 3.83. The van der Waals surface area contributed by atoms with Crippen molar-refractivity contribution in [2.45, 2.75) is 38.6 Å². The van der Waals surface area contributed by atoms with Crippen molar-refractivity contribution in [1.29, 1.82) is 0 Å². The van der Waals surface area contributed by atoms with Crippen molar-refractivity contribution < 1.29 is 14.7 Å². The molecule has 7 nitrogen and oxygen atoms in total. The van der Waals surface area contributed by atoms with Crippen molar-refractivity contribution in [3.8, 4) is 0 Å². The third-order valence-electron chi connectivity index (χ3n) is 5.15. The molecule has 0 unspecified atom stereocenters. The van der Waals surface area contributed by atoms with E-state index >= 15 is 0 Å². The van der Waals surface area contributed by atoms with Gasteiger partial charge in [-0.05, 0) is 37.3 Å². The highest BCUT2D eigenvalue weighted by molar-refractivity contribution is 5.95. The first-order valence-electron chi connectivity index (χ1n) is 8.59. The van der Waals surface area contributed by atoms with Gasteiger partial charge in [0.25, 0.3) is 5.91 Å². The Morgan fingerprint density at radius 2 is 2.00 bits per heavy atom. The molecule has 1 N–H and O–H groups in total. The molecule has 0 spiro atoms. The highest BCUT2D eigenvalue weighted by atomic mass is 16.4. The summed E-state index contributed by atoms with van der Waals surface area (Å²) < 4.78 is 1.61. The first-order valence-corrected chi connectivity index (χ1v) is 8.59. The zero-order valence-electron chi connectivity index (χ0n) is 14.2. The maximum Gasteiger partial charge on any atom is 0.356 e. The monoisotopic (exact) mass is 340 g/mol. The molecule has 0 radical (unpaired) electrons. The molecular formula is C18H20N4O3. The average Bonchev–Trinajstić information content (AvgIpc) is 2.97. The topological polar surface area (TPSA) is 88.3 Å². The molecule has 0 fully saturated rings. The molecule has 0 saturated carbocycles. The predicted molar refractivity (Wildman–Crippen MR) is 89.5 cm³/mol. The van der Waals surface area contributed by atoms with Gasteiger partial charge in [-0.15, -0.1) is 0 Å². The largest absolute Gasteiger partial charge is 0.476 e. The second kappa shape index (κ2) is 5.98. The molecule has 4 rings (SSSR count). The fourth-order valence-electron chi connectivity index (χ4n) is 3.83. The van der Waals surface area contributed by atoms with E-state index in [4.69, 9.17) is 0 Å². The maximum absolute atomic E-state index is 12.9. The van der Waals surface area contributed by atoms with Gasteiger partial charge in [0.1, 0.15) is 0 Å². The van der Waals surface area contributed by atoms with Crippen LogP contribution in [0.1, 0.15) is 56.2 Å². The second-order valence-corrected chi connectivity index (χ2v) is 6.72. The molecule has 1 aliphatic heterocycles. The molecule has 0 saturated heterocycles. The molecule has 0 atom stereocenters. The summed E-state index contributed by atoms with van der Waals surface area (Å²) in [7, 11) is 1.75. The number of nitrogens with zero attached hydrogens (tertiary/aromatic N) is 4. The number of pyridine rings is 1. The van der Waals surface area contributed by atoms with Gasteiger partial charge in [-0.1, -0.05) is 0 Å². The van der Waals surface area contributed by atoms with E-state index in [1.807, 2.05) is 6.07 Å². The summed E-state index contributed by atoms with van der Waals surface area (Å²) in [5.41, 5.74) is 4.43. The van der Waals surface area contributed by atoms with Crippen LogP contribution in [0.15, 0.2) is 12.3 Å². The third kappa shape index (κ3) is 2.69. The summed E-state index contributed by atoms with van der Waals surface area (Å²) in [6, 6.07) is 1.96. The van der Waals surface area contributed by atoms with Crippen LogP contribution in [0.2, 0.25) is 0 Å². The molecule has 3 heterocycles. The first kappa shape index (κ1) is 15.8. The standard InChI is InChI=1S/C18H20N4O3/c1-21-15-6-7-22(10-13(15)16(20-21)18(24)25)17(23)12-8-11-4-2-3-5-14(11)19-9-12/h8-9H,2-7,10H2,1H3,(H,24,25). The van der Waals surface area contributed by atoms with E-state index < -0.39 is 5.97 Å². The number of carbonyl (C=O) groups is 2. The van der Waals surface area contributed by atoms with Gasteiger partial charge >= 0.3 is 5.97 Å². The number of hydrogen-bond donors (Lipinski definition) is 1. The highest BCUT2D eigenvalue weighted by Gasteiger charge is 2.30. The van der Waals surface area contributed by atoms with Crippen molar-refractivity contribution in [2.24, 2.45) is 7.05 Å². The van der Waals surface area contributed by atoms with Gasteiger partial charge in [0, 0.05) is 43.2 Å². The Morgan fingerprint density at radius 3 is 2.80 bits per heavy atom. The number of rotatable bonds is 2. The lowest BCUT2D eigenvalue weighted by Gasteiger charge is -2.28. The number of aryl methyl sites for hydroxylation is 3. The maximum atomic E-state index is 12.9. The molecule has 2 aliphatic rings.